The van der Waals surface area contributed by atoms with E-state index in [2.05, 4.69) is 15.4 Å². The number of carbonyl (C=O) groups is 1. The zero-order chi connectivity index (χ0) is 19.7. The average molecular weight is 397 g/mol. The Labute approximate surface area is 164 Å². The molecule has 0 spiro atoms. The number of aromatic amines is 1. The molecule has 0 aliphatic carbocycles. The monoisotopic (exact) mass is 396 g/mol. The van der Waals surface area contributed by atoms with Gasteiger partial charge in [-0.3, -0.25) is 19.7 Å². The van der Waals surface area contributed by atoms with E-state index in [1.807, 2.05) is 6.92 Å². The van der Waals surface area contributed by atoms with E-state index in [4.69, 9.17) is 16.3 Å². The van der Waals surface area contributed by atoms with E-state index in [-0.39, 0.29) is 18.0 Å². The molecule has 142 valence electrons. The van der Waals surface area contributed by atoms with Crippen LogP contribution >= 0.6 is 11.6 Å². The maximum absolute atomic E-state index is 12.6. The Hall–Kier alpha value is -3.32. The molecule has 4 aromatic rings. The van der Waals surface area contributed by atoms with Gasteiger partial charge in [-0.15, -0.1) is 0 Å². The molecular weight excluding hydrogens is 380 g/mol. The van der Waals surface area contributed by atoms with Gasteiger partial charge in [-0.1, -0.05) is 11.6 Å². The van der Waals surface area contributed by atoms with E-state index in [1.54, 1.807) is 42.5 Å². The van der Waals surface area contributed by atoms with Gasteiger partial charge in [0.1, 0.15) is 12.3 Å². The second-order valence-electron chi connectivity index (χ2n) is 6.22. The minimum absolute atomic E-state index is 0.150. The molecule has 4 rings (SSSR count). The molecule has 0 radical (unpaired) electrons. The third kappa shape index (κ3) is 3.44. The van der Waals surface area contributed by atoms with Crippen LogP contribution in [-0.4, -0.2) is 27.3 Å². The minimum Gasteiger partial charge on any atom is -0.494 e. The molecule has 2 aromatic heterocycles. The summed E-state index contributed by atoms with van der Waals surface area (Å²) in [6.45, 7) is 2.33. The van der Waals surface area contributed by atoms with Gasteiger partial charge >= 0.3 is 0 Å². The summed E-state index contributed by atoms with van der Waals surface area (Å²) in [5.41, 5.74) is 1.62. The van der Waals surface area contributed by atoms with Gasteiger partial charge in [0, 0.05) is 22.3 Å². The first kappa shape index (κ1) is 18.1. The SMILES string of the molecule is CCOc1ccc(NC(=O)Cn2[nH]c3c(cnc4ccc(Cl)cc43)c2=O)cc1. The van der Waals surface area contributed by atoms with Crippen LogP contribution in [0.25, 0.3) is 21.8 Å². The molecule has 8 heteroatoms. The molecule has 0 fully saturated rings. The lowest BCUT2D eigenvalue weighted by atomic mass is 10.2. The molecule has 0 saturated heterocycles. The van der Waals surface area contributed by atoms with Crippen molar-refractivity contribution in [3.8, 4) is 5.75 Å². The number of benzene rings is 2. The van der Waals surface area contributed by atoms with Gasteiger partial charge in [-0.2, -0.15) is 0 Å². The van der Waals surface area contributed by atoms with E-state index in [9.17, 15) is 9.59 Å². The summed E-state index contributed by atoms with van der Waals surface area (Å²) in [5.74, 6) is 0.401. The number of nitrogens with zero attached hydrogens (tertiary/aromatic N) is 2. The van der Waals surface area contributed by atoms with E-state index < -0.39 is 0 Å². The Morgan fingerprint density at radius 3 is 2.75 bits per heavy atom. The second kappa shape index (κ2) is 7.36. The van der Waals surface area contributed by atoms with Crippen LogP contribution < -0.4 is 15.6 Å². The van der Waals surface area contributed by atoms with Crippen molar-refractivity contribution in [2.45, 2.75) is 13.5 Å². The molecule has 0 aliphatic heterocycles. The van der Waals surface area contributed by atoms with Crippen LogP contribution in [-0.2, 0) is 11.3 Å². The summed E-state index contributed by atoms with van der Waals surface area (Å²) in [6.07, 6.45) is 1.51. The first-order chi connectivity index (χ1) is 13.5. The van der Waals surface area contributed by atoms with Crippen molar-refractivity contribution in [3.05, 3.63) is 64.0 Å². The molecule has 0 atom stereocenters. The summed E-state index contributed by atoms with van der Waals surface area (Å²) in [6, 6.07) is 12.3. The lowest BCUT2D eigenvalue weighted by molar-refractivity contribution is -0.116. The predicted molar refractivity (Wildman–Crippen MR) is 109 cm³/mol. The summed E-state index contributed by atoms with van der Waals surface area (Å²) < 4.78 is 6.64. The van der Waals surface area contributed by atoms with Gasteiger partial charge in [-0.25, -0.2) is 4.68 Å². The fourth-order valence-electron chi connectivity index (χ4n) is 3.04. The number of nitrogens with one attached hydrogen (secondary N) is 2. The molecule has 1 amide bonds. The predicted octanol–water partition coefficient (Wildman–Crippen LogP) is 3.57. The summed E-state index contributed by atoms with van der Waals surface area (Å²) >= 11 is 6.07. The number of H-pyrrole nitrogens is 1. The molecular formula is C20H17ClN4O3. The molecule has 2 N–H and O–H groups in total. The van der Waals surface area contributed by atoms with E-state index in [0.29, 0.717) is 33.7 Å². The maximum Gasteiger partial charge on any atom is 0.276 e. The number of halogens is 1. The molecule has 0 bridgehead atoms. The topological polar surface area (TPSA) is 89.0 Å². The Balaban J connectivity index is 1.59. The summed E-state index contributed by atoms with van der Waals surface area (Å²) in [4.78, 5) is 29.3. The molecule has 2 heterocycles. The largest absolute Gasteiger partial charge is 0.494 e. The number of hydrogen-bond acceptors (Lipinski definition) is 4. The fraction of sp³-hybridized carbons (Fsp3) is 0.150. The highest BCUT2D eigenvalue weighted by molar-refractivity contribution is 6.31. The number of ether oxygens (including phenoxy) is 1. The van der Waals surface area contributed by atoms with Crippen LogP contribution in [0, 0.1) is 0 Å². The number of fused-ring (bicyclic) bond motifs is 3. The second-order valence-corrected chi connectivity index (χ2v) is 6.65. The van der Waals surface area contributed by atoms with Gasteiger partial charge in [0.25, 0.3) is 5.56 Å². The van der Waals surface area contributed by atoms with Gasteiger partial charge < -0.3 is 10.1 Å². The van der Waals surface area contributed by atoms with Crippen molar-refractivity contribution in [2.24, 2.45) is 0 Å². The molecule has 7 nitrogen and oxygen atoms in total. The lowest BCUT2D eigenvalue weighted by Gasteiger charge is -2.07. The normalized spacial score (nSPS) is 11.1. The third-order valence-electron chi connectivity index (χ3n) is 4.30. The van der Waals surface area contributed by atoms with Crippen LogP contribution in [0.3, 0.4) is 0 Å². The van der Waals surface area contributed by atoms with Crippen LogP contribution in [0.4, 0.5) is 5.69 Å². The molecule has 0 saturated carbocycles. The van der Waals surface area contributed by atoms with Gasteiger partial charge in [0.15, 0.2) is 0 Å². The zero-order valence-corrected chi connectivity index (χ0v) is 15.8. The zero-order valence-electron chi connectivity index (χ0n) is 15.0. The minimum atomic E-state index is -0.326. The van der Waals surface area contributed by atoms with Crippen LogP contribution in [0.5, 0.6) is 5.75 Å². The highest BCUT2D eigenvalue weighted by Crippen LogP contribution is 2.23. The average Bonchev–Trinajstić information content (AvgIpc) is 2.99. The Morgan fingerprint density at radius 1 is 1.21 bits per heavy atom. The quantitative estimate of drug-likeness (QED) is 0.539. The first-order valence-corrected chi connectivity index (χ1v) is 9.12. The van der Waals surface area contributed by atoms with Crippen molar-refractivity contribution < 1.29 is 9.53 Å². The highest BCUT2D eigenvalue weighted by Gasteiger charge is 2.13. The van der Waals surface area contributed by atoms with Crippen LogP contribution in [0.1, 0.15) is 6.92 Å². The van der Waals surface area contributed by atoms with Crippen molar-refractivity contribution in [3.63, 3.8) is 0 Å². The molecule has 28 heavy (non-hydrogen) atoms. The Bertz CT molecular complexity index is 1230. The van der Waals surface area contributed by atoms with Gasteiger partial charge in [0.2, 0.25) is 5.91 Å². The van der Waals surface area contributed by atoms with E-state index >= 15 is 0 Å². The standard InChI is InChI=1S/C20H17ClN4O3/c1-2-28-14-6-4-13(5-7-14)23-18(26)11-25-20(27)16-10-22-17-8-3-12(21)9-15(17)19(16)24-25/h3-10,24H,2,11H2,1H3,(H,23,26). The van der Waals surface area contributed by atoms with E-state index in [0.717, 1.165) is 11.1 Å². The summed E-state index contributed by atoms with van der Waals surface area (Å²) in [7, 11) is 0. The molecule has 0 unspecified atom stereocenters. The van der Waals surface area contributed by atoms with Crippen molar-refractivity contribution in [1.29, 1.82) is 0 Å². The number of pyridine rings is 1. The molecule has 0 aliphatic rings. The highest BCUT2D eigenvalue weighted by atomic mass is 35.5. The maximum atomic E-state index is 12.6. The van der Waals surface area contributed by atoms with Crippen molar-refractivity contribution in [1.82, 2.24) is 14.8 Å². The number of amides is 1. The van der Waals surface area contributed by atoms with Gasteiger partial charge in [0.05, 0.1) is 23.0 Å². The number of rotatable bonds is 5. The first-order valence-electron chi connectivity index (χ1n) is 8.74. The molecule has 2 aromatic carbocycles. The lowest BCUT2D eigenvalue weighted by Crippen LogP contribution is -2.26. The number of hydrogen-bond donors (Lipinski definition) is 2. The van der Waals surface area contributed by atoms with Crippen molar-refractivity contribution in [2.75, 3.05) is 11.9 Å². The number of aromatic nitrogens is 3. The number of carbonyl (C=O) groups excluding carboxylic acids is 1. The Morgan fingerprint density at radius 2 is 2.00 bits per heavy atom. The Kier molecular flexibility index (Phi) is 4.75. The number of anilines is 1. The van der Waals surface area contributed by atoms with Crippen LogP contribution in [0.2, 0.25) is 5.02 Å². The third-order valence-corrected chi connectivity index (χ3v) is 4.54. The van der Waals surface area contributed by atoms with E-state index in [1.165, 1.54) is 10.9 Å². The van der Waals surface area contributed by atoms with Crippen LogP contribution in [0.15, 0.2) is 53.5 Å². The fourth-order valence-corrected chi connectivity index (χ4v) is 3.21. The summed E-state index contributed by atoms with van der Waals surface area (Å²) in [5, 5.41) is 7.45. The smallest absolute Gasteiger partial charge is 0.276 e. The van der Waals surface area contributed by atoms with Crippen molar-refractivity contribution >= 4 is 45.0 Å². The van der Waals surface area contributed by atoms with Gasteiger partial charge in [-0.05, 0) is 49.4 Å².